The van der Waals surface area contributed by atoms with E-state index in [9.17, 15) is 9.90 Å². The molecule has 3 N–H and O–H groups in total. The SMILES string of the molecule is CSC[C@H]1CN(Cc2c[nH]c3c(=O)[nH]cnc23)CC1O. The predicted octanol–water partition coefficient (Wildman–Crippen LogP) is 0.407. The van der Waals surface area contributed by atoms with Crippen molar-refractivity contribution >= 4 is 22.8 Å². The van der Waals surface area contributed by atoms with E-state index in [-0.39, 0.29) is 11.7 Å². The minimum Gasteiger partial charge on any atom is -0.391 e. The number of nitrogens with one attached hydrogen (secondary N) is 2. The van der Waals surface area contributed by atoms with Gasteiger partial charge in [0.25, 0.3) is 5.56 Å². The van der Waals surface area contributed by atoms with E-state index in [2.05, 4.69) is 26.1 Å². The first-order valence-electron chi connectivity index (χ1n) is 6.62. The summed E-state index contributed by atoms with van der Waals surface area (Å²) < 4.78 is 0. The van der Waals surface area contributed by atoms with Crippen molar-refractivity contribution < 1.29 is 5.11 Å². The molecule has 3 rings (SSSR count). The standard InChI is InChI=1S/C13H18N4O2S/c1-20-6-9-4-17(5-10(9)18)3-8-2-14-12-11(8)15-7-16-13(12)19/h2,7,9-10,14,18H,3-6H2,1H3,(H,15,16,19)/t9-,10?/m1/s1. The lowest BCUT2D eigenvalue weighted by atomic mass is 10.1. The molecule has 1 saturated heterocycles. The van der Waals surface area contributed by atoms with Gasteiger partial charge in [-0.05, 0) is 12.0 Å². The Balaban J connectivity index is 1.78. The number of hydrogen-bond acceptors (Lipinski definition) is 5. The molecule has 2 aromatic heterocycles. The number of fused-ring (bicyclic) bond motifs is 1. The van der Waals surface area contributed by atoms with Crippen molar-refractivity contribution in [1.29, 1.82) is 0 Å². The molecule has 1 aliphatic heterocycles. The van der Waals surface area contributed by atoms with E-state index in [4.69, 9.17) is 0 Å². The predicted molar refractivity (Wildman–Crippen MR) is 79.9 cm³/mol. The van der Waals surface area contributed by atoms with Crippen molar-refractivity contribution in [3.05, 3.63) is 28.4 Å². The Hall–Kier alpha value is -1.31. The van der Waals surface area contributed by atoms with Crippen LogP contribution in [0.5, 0.6) is 0 Å². The van der Waals surface area contributed by atoms with E-state index in [1.165, 1.54) is 6.33 Å². The van der Waals surface area contributed by atoms with Gasteiger partial charge in [-0.15, -0.1) is 0 Å². The highest BCUT2D eigenvalue weighted by atomic mass is 32.2. The fourth-order valence-corrected chi connectivity index (χ4v) is 3.57. The van der Waals surface area contributed by atoms with Crippen LogP contribution in [0.3, 0.4) is 0 Å². The van der Waals surface area contributed by atoms with Crippen LogP contribution in [-0.2, 0) is 6.54 Å². The number of aliphatic hydroxyl groups excluding tert-OH is 1. The molecule has 0 bridgehead atoms. The van der Waals surface area contributed by atoms with Crippen LogP contribution in [0.25, 0.3) is 11.0 Å². The largest absolute Gasteiger partial charge is 0.391 e. The summed E-state index contributed by atoms with van der Waals surface area (Å²) in [5.74, 6) is 1.30. The summed E-state index contributed by atoms with van der Waals surface area (Å²) in [4.78, 5) is 23.6. The molecule has 2 aromatic rings. The summed E-state index contributed by atoms with van der Waals surface area (Å²) in [6.45, 7) is 2.28. The lowest BCUT2D eigenvalue weighted by molar-refractivity contribution is 0.149. The average molecular weight is 294 g/mol. The van der Waals surface area contributed by atoms with E-state index in [0.29, 0.717) is 24.5 Å². The van der Waals surface area contributed by atoms with Gasteiger partial charge in [0.05, 0.1) is 17.9 Å². The maximum atomic E-state index is 11.6. The molecule has 1 aliphatic rings. The normalized spacial score (nSPS) is 23.7. The van der Waals surface area contributed by atoms with Gasteiger partial charge in [0.15, 0.2) is 0 Å². The Bertz CT molecular complexity index is 653. The van der Waals surface area contributed by atoms with Crippen molar-refractivity contribution in [1.82, 2.24) is 19.9 Å². The highest BCUT2D eigenvalue weighted by Gasteiger charge is 2.31. The number of rotatable bonds is 4. The molecule has 7 heteroatoms. The molecule has 2 atom stereocenters. The summed E-state index contributed by atoms with van der Waals surface area (Å²) in [5, 5.41) is 10.0. The number of H-pyrrole nitrogens is 2. The third-order valence-corrected chi connectivity index (χ3v) is 4.57. The lowest BCUT2D eigenvalue weighted by Crippen LogP contribution is -2.21. The van der Waals surface area contributed by atoms with E-state index in [1.807, 2.05) is 6.20 Å². The van der Waals surface area contributed by atoms with Gasteiger partial charge in [-0.2, -0.15) is 11.8 Å². The van der Waals surface area contributed by atoms with Gasteiger partial charge in [-0.25, -0.2) is 4.98 Å². The number of thioether (sulfide) groups is 1. The highest BCUT2D eigenvalue weighted by Crippen LogP contribution is 2.23. The van der Waals surface area contributed by atoms with Crippen molar-refractivity contribution in [2.24, 2.45) is 5.92 Å². The quantitative estimate of drug-likeness (QED) is 0.760. The number of aromatic nitrogens is 3. The molecule has 1 fully saturated rings. The van der Waals surface area contributed by atoms with Crippen LogP contribution >= 0.6 is 11.8 Å². The first kappa shape index (κ1) is 13.7. The third-order valence-electron chi connectivity index (χ3n) is 3.80. The molecule has 0 spiro atoms. The molecular weight excluding hydrogens is 276 g/mol. The maximum absolute atomic E-state index is 11.6. The van der Waals surface area contributed by atoms with Gasteiger partial charge in [0.1, 0.15) is 5.52 Å². The van der Waals surface area contributed by atoms with E-state index in [1.54, 1.807) is 11.8 Å². The Morgan fingerprint density at radius 1 is 1.50 bits per heavy atom. The smallest absolute Gasteiger partial charge is 0.275 e. The van der Waals surface area contributed by atoms with Crippen LogP contribution in [0.1, 0.15) is 5.56 Å². The molecule has 20 heavy (non-hydrogen) atoms. The third kappa shape index (κ3) is 2.48. The second-order valence-corrected chi connectivity index (χ2v) is 6.16. The maximum Gasteiger partial charge on any atom is 0.275 e. The second kappa shape index (κ2) is 5.59. The molecule has 0 aromatic carbocycles. The van der Waals surface area contributed by atoms with Crippen LogP contribution in [-0.4, -0.2) is 56.2 Å². The highest BCUT2D eigenvalue weighted by molar-refractivity contribution is 7.98. The van der Waals surface area contributed by atoms with Gasteiger partial charge >= 0.3 is 0 Å². The van der Waals surface area contributed by atoms with E-state index >= 15 is 0 Å². The van der Waals surface area contributed by atoms with Gasteiger partial charge in [-0.3, -0.25) is 9.69 Å². The van der Waals surface area contributed by atoms with Gasteiger partial charge in [0, 0.05) is 37.3 Å². The van der Waals surface area contributed by atoms with Crippen LogP contribution in [0.15, 0.2) is 17.3 Å². The van der Waals surface area contributed by atoms with Gasteiger partial charge in [-0.1, -0.05) is 0 Å². The summed E-state index contributed by atoms with van der Waals surface area (Å²) >= 11 is 1.77. The van der Waals surface area contributed by atoms with Crippen molar-refractivity contribution in [2.75, 3.05) is 25.1 Å². The Labute approximate surface area is 120 Å². The molecule has 0 saturated carbocycles. The summed E-state index contributed by atoms with van der Waals surface area (Å²) in [6.07, 6.45) is 5.06. The Kier molecular flexibility index (Phi) is 3.82. The van der Waals surface area contributed by atoms with E-state index in [0.717, 1.165) is 23.4 Å². The fourth-order valence-electron chi connectivity index (χ4n) is 2.81. The molecule has 1 unspecified atom stereocenters. The van der Waals surface area contributed by atoms with Crippen LogP contribution in [0, 0.1) is 5.92 Å². The molecule has 108 valence electrons. The lowest BCUT2D eigenvalue weighted by Gasteiger charge is -2.14. The molecule has 3 heterocycles. The number of hydrogen-bond donors (Lipinski definition) is 3. The van der Waals surface area contributed by atoms with Crippen LogP contribution in [0.4, 0.5) is 0 Å². The number of aliphatic hydroxyl groups is 1. The minimum atomic E-state index is -0.260. The van der Waals surface area contributed by atoms with Gasteiger partial charge < -0.3 is 15.1 Å². The molecule has 0 amide bonds. The second-order valence-electron chi connectivity index (χ2n) is 5.25. The zero-order valence-corrected chi connectivity index (χ0v) is 12.1. The minimum absolute atomic E-state index is 0.150. The topological polar surface area (TPSA) is 85.0 Å². The molecular formula is C13H18N4O2S. The number of β-amino-alcohol motifs (C(OH)–C–C–N with tert-alkyl or cyclic N) is 1. The first-order chi connectivity index (χ1) is 9.69. The molecule has 0 radical (unpaired) electrons. The number of aromatic amines is 2. The summed E-state index contributed by atoms with van der Waals surface area (Å²) in [6, 6.07) is 0. The Morgan fingerprint density at radius 3 is 3.15 bits per heavy atom. The summed E-state index contributed by atoms with van der Waals surface area (Å²) in [5.41, 5.74) is 2.09. The van der Waals surface area contributed by atoms with Crippen LogP contribution in [0.2, 0.25) is 0 Å². The van der Waals surface area contributed by atoms with Gasteiger partial charge in [0.2, 0.25) is 0 Å². The molecule has 0 aliphatic carbocycles. The van der Waals surface area contributed by atoms with Crippen LogP contribution < -0.4 is 5.56 Å². The average Bonchev–Trinajstić information content (AvgIpc) is 2.97. The van der Waals surface area contributed by atoms with E-state index < -0.39 is 0 Å². The first-order valence-corrected chi connectivity index (χ1v) is 8.01. The monoisotopic (exact) mass is 294 g/mol. The summed E-state index contributed by atoms with van der Waals surface area (Å²) in [7, 11) is 0. The van der Waals surface area contributed by atoms with Crippen molar-refractivity contribution in [2.45, 2.75) is 12.6 Å². The Morgan fingerprint density at radius 2 is 2.35 bits per heavy atom. The fraction of sp³-hybridized carbons (Fsp3) is 0.538. The number of likely N-dealkylation sites (tertiary alicyclic amines) is 1. The van der Waals surface area contributed by atoms with Crippen molar-refractivity contribution in [3.63, 3.8) is 0 Å². The zero-order chi connectivity index (χ0) is 14.1. The zero-order valence-electron chi connectivity index (χ0n) is 11.3. The molecule has 6 nitrogen and oxygen atoms in total. The van der Waals surface area contributed by atoms with Crippen molar-refractivity contribution in [3.8, 4) is 0 Å². The number of nitrogens with zero attached hydrogens (tertiary/aromatic N) is 2.